The van der Waals surface area contributed by atoms with Gasteiger partial charge >= 0.3 is 0 Å². The van der Waals surface area contributed by atoms with Gasteiger partial charge in [-0.25, -0.2) is 0 Å². The van der Waals surface area contributed by atoms with Gasteiger partial charge in [0.25, 0.3) is 0 Å². The third-order valence-corrected chi connectivity index (χ3v) is 1.42. The Morgan fingerprint density at radius 2 is 1.85 bits per heavy atom. The van der Waals surface area contributed by atoms with E-state index in [-0.39, 0.29) is 6.10 Å². The molecule has 0 radical (unpaired) electrons. The Hall–Kier alpha value is -0.120. The van der Waals surface area contributed by atoms with Crippen LogP contribution in [-0.4, -0.2) is 36.6 Å². The summed E-state index contributed by atoms with van der Waals surface area (Å²) in [5, 5.41) is 16.7. The largest absolute Gasteiger partial charge is 0.396 e. The quantitative estimate of drug-likeness (QED) is 0.628. The summed E-state index contributed by atoms with van der Waals surface area (Å²) in [5.74, 6) is 0. The highest BCUT2D eigenvalue weighted by Gasteiger charge is 1.87. The maximum Gasteiger partial charge on any atom is 0.0745 e. The van der Waals surface area contributed by atoms with Gasteiger partial charge in [0.1, 0.15) is 0 Å². The Balaban J connectivity index is 0. The summed E-state index contributed by atoms with van der Waals surface area (Å²) in [6.07, 6.45) is 4.36. The fraction of sp³-hybridized carbons (Fsp3) is 1.00. The maximum atomic E-state index is 8.43. The number of aliphatic hydroxyl groups is 2. The van der Waals surface area contributed by atoms with Gasteiger partial charge in [0.05, 0.1) is 12.7 Å². The molecule has 1 atom stereocenters. The molecule has 13 heavy (non-hydrogen) atoms. The fourth-order valence-corrected chi connectivity index (χ4v) is 0.780. The topological polar surface area (TPSA) is 49.7 Å². The average Bonchev–Trinajstić information content (AvgIpc) is 2.06. The molecule has 0 saturated carbocycles. The van der Waals surface area contributed by atoms with Gasteiger partial charge in [-0.2, -0.15) is 0 Å². The monoisotopic (exact) mass is 192 g/mol. The predicted octanol–water partition coefficient (Wildman–Crippen LogP) is 1.57. The summed E-state index contributed by atoms with van der Waals surface area (Å²) in [6.45, 7) is 4.64. The van der Waals surface area contributed by atoms with Crippen LogP contribution < -0.4 is 0 Å². The number of unbranched alkanes of at least 4 members (excludes halogenated alkanes) is 3. The van der Waals surface area contributed by atoms with Crippen molar-refractivity contribution in [3.63, 3.8) is 0 Å². The molecule has 0 amide bonds. The van der Waals surface area contributed by atoms with E-state index in [1.807, 2.05) is 0 Å². The molecule has 0 aliphatic heterocycles. The van der Waals surface area contributed by atoms with Gasteiger partial charge in [0.2, 0.25) is 0 Å². The van der Waals surface area contributed by atoms with Crippen LogP contribution in [0.1, 0.15) is 39.5 Å². The van der Waals surface area contributed by atoms with Crippen LogP contribution in [0.25, 0.3) is 0 Å². The van der Waals surface area contributed by atoms with Crippen molar-refractivity contribution in [2.45, 2.75) is 45.6 Å². The molecule has 0 saturated heterocycles. The molecule has 0 aromatic heterocycles. The zero-order chi connectivity index (χ0) is 10.5. The van der Waals surface area contributed by atoms with E-state index >= 15 is 0 Å². The number of rotatable bonds is 6. The van der Waals surface area contributed by atoms with Crippen LogP contribution in [0.4, 0.5) is 0 Å². The van der Waals surface area contributed by atoms with Crippen LogP contribution in [0.5, 0.6) is 0 Å². The first-order valence-corrected chi connectivity index (χ1v) is 4.96. The highest BCUT2D eigenvalue weighted by Crippen LogP contribution is 1.96. The number of methoxy groups -OCH3 is 1. The fourth-order valence-electron chi connectivity index (χ4n) is 0.780. The minimum atomic E-state index is -0.324. The molecule has 0 spiro atoms. The maximum absolute atomic E-state index is 8.43. The summed E-state index contributed by atoms with van der Waals surface area (Å²) < 4.78 is 4.55. The zero-order valence-electron chi connectivity index (χ0n) is 9.12. The van der Waals surface area contributed by atoms with E-state index in [1.165, 1.54) is 19.3 Å². The third-order valence-electron chi connectivity index (χ3n) is 1.42. The second kappa shape index (κ2) is 14.4. The Labute approximate surface area is 81.7 Å². The van der Waals surface area contributed by atoms with Crippen molar-refractivity contribution in [2.24, 2.45) is 0 Å². The van der Waals surface area contributed by atoms with Gasteiger partial charge in [-0.1, -0.05) is 26.2 Å². The molecule has 3 heteroatoms. The van der Waals surface area contributed by atoms with Crippen LogP contribution in [0.3, 0.4) is 0 Å². The lowest BCUT2D eigenvalue weighted by Crippen LogP contribution is -2.07. The summed E-state index contributed by atoms with van der Waals surface area (Å²) in [5.41, 5.74) is 0. The number of ether oxygens (including phenoxy) is 1. The molecular formula is C10H24O3. The van der Waals surface area contributed by atoms with Crippen LogP contribution in [0.2, 0.25) is 0 Å². The first kappa shape index (κ1) is 15.4. The Bertz CT molecular complexity index is 70.6. The molecule has 0 aliphatic rings. The van der Waals surface area contributed by atoms with Gasteiger partial charge in [0, 0.05) is 13.7 Å². The predicted molar refractivity (Wildman–Crippen MR) is 54.8 cm³/mol. The minimum Gasteiger partial charge on any atom is -0.396 e. The molecule has 0 aromatic rings. The highest BCUT2D eigenvalue weighted by molar-refractivity contribution is 4.37. The van der Waals surface area contributed by atoms with Crippen molar-refractivity contribution in [1.82, 2.24) is 0 Å². The smallest absolute Gasteiger partial charge is 0.0745 e. The molecule has 0 heterocycles. The minimum absolute atomic E-state index is 0.324. The van der Waals surface area contributed by atoms with Crippen LogP contribution in [-0.2, 0) is 4.74 Å². The van der Waals surface area contributed by atoms with Gasteiger partial charge in [-0.3, -0.25) is 0 Å². The van der Waals surface area contributed by atoms with Crippen molar-refractivity contribution < 1.29 is 14.9 Å². The van der Waals surface area contributed by atoms with Gasteiger partial charge in [0.15, 0.2) is 0 Å². The summed E-state index contributed by atoms with van der Waals surface area (Å²) >= 11 is 0. The van der Waals surface area contributed by atoms with E-state index in [1.54, 1.807) is 14.0 Å². The van der Waals surface area contributed by atoms with E-state index in [0.717, 1.165) is 6.42 Å². The van der Waals surface area contributed by atoms with E-state index < -0.39 is 0 Å². The van der Waals surface area contributed by atoms with Gasteiger partial charge < -0.3 is 14.9 Å². The van der Waals surface area contributed by atoms with Gasteiger partial charge in [-0.15, -0.1) is 0 Å². The molecule has 0 bridgehead atoms. The average molecular weight is 192 g/mol. The molecule has 3 nitrogen and oxygen atoms in total. The number of aliphatic hydroxyl groups excluding tert-OH is 2. The van der Waals surface area contributed by atoms with Gasteiger partial charge in [-0.05, 0) is 13.3 Å². The lowest BCUT2D eigenvalue weighted by atomic mass is 10.2. The highest BCUT2D eigenvalue weighted by atomic mass is 16.5. The molecule has 0 fully saturated rings. The molecule has 2 N–H and O–H groups in total. The van der Waals surface area contributed by atoms with Crippen LogP contribution >= 0.6 is 0 Å². The third kappa shape index (κ3) is 24.5. The van der Waals surface area contributed by atoms with Crippen LogP contribution in [0.15, 0.2) is 0 Å². The zero-order valence-corrected chi connectivity index (χ0v) is 9.12. The first-order chi connectivity index (χ1) is 6.18. The summed E-state index contributed by atoms with van der Waals surface area (Å²) in [6, 6.07) is 0. The van der Waals surface area contributed by atoms with Crippen molar-refractivity contribution in [3.05, 3.63) is 0 Å². The normalized spacial score (nSPS) is 11.8. The van der Waals surface area contributed by atoms with Crippen molar-refractivity contribution in [1.29, 1.82) is 0 Å². The standard InChI is InChI=1S/C6H14O.C4H10O2/c1-2-3-4-5-6-7;1-4(5)3-6-2/h7H,2-6H2,1H3;4-5H,3H2,1-2H3. The molecule has 1 unspecified atom stereocenters. The Morgan fingerprint density at radius 1 is 1.23 bits per heavy atom. The lowest BCUT2D eigenvalue weighted by Gasteiger charge is -1.97. The summed E-state index contributed by atoms with van der Waals surface area (Å²) in [4.78, 5) is 0. The Morgan fingerprint density at radius 3 is 2.08 bits per heavy atom. The van der Waals surface area contributed by atoms with Crippen molar-refractivity contribution >= 4 is 0 Å². The second-order valence-electron chi connectivity index (χ2n) is 3.09. The lowest BCUT2D eigenvalue weighted by molar-refractivity contribution is 0.0765. The van der Waals surface area contributed by atoms with Crippen molar-refractivity contribution in [2.75, 3.05) is 20.3 Å². The first-order valence-electron chi connectivity index (χ1n) is 4.96. The molecule has 0 rings (SSSR count). The SMILES string of the molecule is CCCCCCO.COCC(C)O. The molecule has 0 aromatic carbocycles. The molecule has 0 aliphatic carbocycles. The van der Waals surface area contributed by atoms with E-state index in [4.69, 9.17) is 10.2 Å². The van der Waals surface area contributed by atoms with E-state index in [2.05, 4.69) is 11.7 Å². The number of hydrogen-bond donors (Lipinski definition) is 2. The Kier molecular flexibility index (Phi) is 17.0. The molecule has 82 valence electrons. The van der Waals surface area contributed by atoms with E-state index in [9.17, 15) is 0 Å². The second-order valence-corrected chi connectivity index (χ2v) is 3.09. The number of hydrogen-bond acceptors (Lipinski definition) is 3. The molecular weight excluding hydrogens is 168 g/mol. The van der Waals surface area contributed by atoms with Crippen LogP contribution in [0, 0.1) is 0 Å². The van der Waals surface area contributed by atoms with Crippen molar-refractivity contribution in [3.8, 4) is 0 Å². The summed E-state index contributed by atoms with van der Waals surface area (Å²) in [7, 11) is 1.56. The van der Waals surface area contributed by atoms with E-state index in [0.29, 0.717) is 13.2 Å².